The van der Waals surface area contributed by atoms with Gasteiger partial charge in [-0.05, 0) is 30.3 Å². The number of halogens is 1. The third-order valence-electron chi connectivity index (χ3n) is 3.34. The maximum absolute atomic E-state index is 13.7. The molecule has 3 rings (SSSR count). The summed E-state index contributed by atoms with van der Waals surface area (Å²) in [6.07, 6.45) is 0. The fourth-order valence-corrected chi connectivity index (χ4v) is 3.16. The van der Waals surface area contributed by atoms with Crippen LogP contribution in [0.2, 0.25) is 0 Å². The molecule has 0 unspecified atom stereocenters. The maximum atomic E-state index is 13.7. The number of amides is 1. The molecule has 0 aliphatic carbocycles. The average molecular weight is 340 g/mol. The van der Waals surface area contributed by atoms with E-state index in [1.165, 1.54) is 17.4 Å². The summed E-state index contributed by atoms with van der Waals surface area (Å²) in [5.41, 5.74) is 1.34. The van der Waals surface area contributed by atoms with Crippen molar-refractivity contribution in [3.05, 3.63) is 53.8 Å². The third kappa shape index (κ3) is 3.34. The standard InChI is InChI=1S/C17H13FN4OS/c1-22(17-21-16-13(18)6-3-7-14(16)24-17)10-15(23)20-12-5-2-4-11(8-12)9-19/h2-8H,10H2,1H3,(H,20,23). The molecule has 120 valence electrons. The van der Waals surface area contributed by atoms with Gasteiger partial charge in [0.1, 0.15) is 11.3 Å². The van der Waals surface area contributed by atoms with Crippen LogP contribution in [0.4, 0.5) is 15.2 Å². The number of hydrogen-bond acceptors (Lipinski definition) is 5. The highest BCUT2D eigenvalue weighted by Crippen LogP contribution is 2.29. The lowest BCUT2D eigenvalue weighted by Crippen LogP contribution is -2.29. The first-order chi connectivity index (χ1) is 11.6. The monoisotopic (exact) mass is 340 g/mol. The molecule has 0 saturated heterocycles. The summed E-state index contributed by atoms with van der Waals surface area (Å²) in [5, 5.41) is 12.2. The highest BCUT2D eigenvalue weighted by molar-refractivity contribution is 7.22. The van der Waals surface area contributed by atoms with Crippen molar-refractivity contribution < 1.29 is 9.18 Å². The lowest BCUT2D eigenvalue weighted by molar-refractivity contribution is -0.114. The first kappa shape index (κ1) is 15.9. The van der Waals surface area contributed by atoms with Gasteiger partial charge in [-0.25, -0.2) is 9.37 Å². The smallest absolute Gasteiger partial charge is 0.243 e. The molecule has 0 aliphatic rings. The van der Waals surface area contributed by atoms with Crippen LogP contribution in [0.15, 0.2) is 42.5 Å². The summed E-state index contributed by atoms with van der Waals surface area (Å²) in [6, 6.07) is 13.5. The van der Waals surface area contributed by atoms with Crippen molar-refractivity contribution in [1.82, 2.24) is 4.98 Å². The van der Waals surface area contributed by atoms with Crippen molar-refractivity contribution in [3.63, 3.8) is 0 Å². The van der Waals surface area contributed by atoms with Gasteiger partial charge in [-0.3, -0.25) is 4.79 Å². The predicted octanol–water partition coefficient (Wildman–Crippen LogP) is 3.38. The number of aromatic nitrogens is 1. The molecule has 0 saturated carbocycles. The number of likely N-dealkylation sites (N-methyl/N-ethyl adjacent to an activating group) is 1. The lowest BCUT2D eigenvalue weighted by atomic mass is 10.2. The fourth-order valence-electron chi connectivity index (χ4n) is 2.22. The van der Waals surface area contributed by atoms with E-state index < -0.39 is 0 Å². The minimum absolute atomic E-state index is 0.0677. The van der Waals surface area contributed by atoms with E-state index in [9.17, 15) is 9.18 Å². The van der Waals surface area contributed by atoms with Gasteiger partial charge in [-0.15, -0.1) is 0 Å². The van der Waals surface area contributed by atoms with Crippen molar-refractivity contribution in [2.75, 3.05) is 23.8 Å². The zero-order valence-electron chi connectivity index (χ0n) is 12.8. The highest BCUT2D eigenvalue weighted by atomic mass is 32.1. The SMILES string of the molecule is CN(CC(=O)Nc1cccc(C#N)c1)c1nc2c(F)cccc2s1. The normalized spacial score (nSPS) is 10.4. The van der Waals surface area contributed by atoms with Crippen LogP contribution in [0.5, 0.6) is 0 Å². The molecule has 0 bridgehead atoms. The number of para-hydroxylation sites is 1. The van der Waals surface area contributed by atoms with Gasteiger partial charge in [-0.2, -0.15) is 5.26 Å². The first-order valence-corrected chi connectivity index (χ1v) is 7.94. The van der Waals surface area contributed by atoms with Crippen molar-refractivity contribution >= 4 is 38.3 Å². The second-order valence-corrected chi connectivity index (χ2v) is 6.19. The largest absolute Gasteiger partial charge is 0.342 e. The number of hydrogen-bond donors (Lipinski definition) is 1. The number of nitrogens with one attached hydrogen (secondary N) is 1. The van der Waals surface area contributed by atoms with Gasteiger partial charge in [0.15, 0.2) is 5.13 Å². The summed E-state index contributed by atoms with van der Waals surface area (Å²) in [7, 11) is 1.72. The van der Waals surface area contributed by atoms with E-state index >= 15 is 0 Å². The highest BCUT2D eigenvalue weighted by Gasteiger charge is 2.14. The number of fused-ring (bicyclic) bond motifs is 1. The van der Waals surface area contributed by atoms with Crippen LogP contribution in [0.25, 0.3) is 10.2 Å². The Hall–Kier alpha value is -2.98. The lowest BCUT2D eigenvalue weighted by Gasteiger charge is -2.15. The Balaban J connectivity index is 1.71. The number of thiazole rings is 1. The van der Waals surface area contributed by atoms with E-state index in [2.05, 4.69) is 10.3 Å². The van der Waals surface area contributed by atoms with Crippen LogP contribution in [0, 0.1) is 17.1 Å². The molecule has 7 heteroatoms. The van der Waals surface area contributed by atoms with Crippen LogP contribution >= 0.6 is 11.3 Å². The number of rotatable bonds is 4. The van der Waals surface area contributed by atoms with Crippen molar-refractivity contribution in [1.29, 1.82) is 5.26 Å². The van der Waals surface area contributed by atoms with Gasteiger partial charge in [0.2, 0.25) is 5.91 Å². The summed E-state index contributed by atoms with van der Waals surface area (Å²) in [5.74, 6) is -0.617. The van der Waals surface area contributed by atoms with Gasteiger partial charge in [0.05, 0.1) is 22.9 Å². The van der Waals surface area contributed by atoms with Crippen molar-refractivity contribution in [2.24, 2.45) is 0 Å². The Morgan fingerprint density at radius 2 is 2.17 bits per heavy atom. The Kier molecular flexibility index (Phi) is 4.40. The molecule has 1 aromatic heterocycles. The number of nitrogens with zero attached hydrogens (tertiary/aromatic N) is 3. The molecule has 0 fully saturated rings. The molecule has 0 radical (unpaired) electrons. The molecule has 2 aromatic carbocycles. The molecule has 1 heterocycles. The third-order valence-corrected chi connectivity index (χ3v) is 4.48. The van der Waals surface area contributed by atoms with Crippen molar-refractivity contribution in [3.8, 4) is 6.07 Å². The molecular formula is C17H13FN4OS. The zero-order chi connectivity index (χ0) is 17.1. The van der Waals surface area contributed by atoms with Crippen LogP contribution in [-0.2, 0) is 4.79 Å². The second kappa shape index (κ2) is 6.64. The van der Waals surface area contributed by atoms with E-state index in [-0.39, 0.29) is 18.3 Å². The second-order valence-electron chi connectivity index (χ2n) is 5.18. The predicted molar refractivity (Wildman–Crippen MR) is 92.6 cm³/mol. The zero-order valence-corrected chi connectivity index (χ0v) is 13.6. The number of nitriles is 1. The number of benzene rings is 2. The number of anilines is 2. The summed E-state index contributed by atoms with van der Waals surface area (Å²) in [4.78, 5) is 18.1. The first-order valence-electron chi connectivity index (χ1n) is 7.13. The maximum Gasteiger partial charge on any atom is 0.243 e. The number of carbonyl (C=O) groups excluding carboxylic acids is 1. The van der Waals surface area contributed by atoms with E-state index in [1.54, 1.807) is 48.3 Å². The molecule has 5 nitrogen and oxygen atoms in total. The molecule has 1 N–H and O–H groups in total. The van der Waals surface area contributed by atoms with E-state index in [1.807, 2.05) is 6.07 Å². The van der Waals surface area contributed by atoms with Crippen LogP contribution in [0.3, 0.4) is 0 Å². The van der Waals surface area contributed by atoms with Gasteiger partial charge in [-0.1, -0.05) is 23.5 Å². The van der Waals surface area contributed by atoms with Gasteiger partial charge >= 0.3 is 0 Å². The van der Waals surface area contributed by atoms with E-state index in [4.69, 9.17) is 5.26 Å². The Morgan fingerprint density at radius 1 is 1.38 bits per heavy atom. The summed E-state index contributed by atoms with van der Waals surface area (Å²) >= 11 is 1.33. The average Bonchev–Trinajstić information content (AvgIpc) is 3.01. The summed E-state index contributed by atoms with van der Waals surface area (Å²) < 4.78 is 14.4. The Morgan fingerprint density at radius 3 is 2.92 bits per heavy atom. The Labute approximate surface area is 142 Å². The fraction of sp³-hybridized carbons (Fsp3) is 0.118. The topological polar surface area (TPSA) is 69.0 Å². The van der Waals surface area contributed by atoms with E-state index in [0.29, 0.717) is 21.9 Å². The van der Waals surface area contributed by atoms with Crippen LogP contribution < -0.4 is 10.2 Å². The molecule has 3 aromatic rings. The molecule has 0 spiro atoms. The Bertz CT molecular complexity index is 947. The number of carbonyl (C=O) groups is 1. The van der Waals surface area contributed by atoms with Crippen LogP contribution in [0.1, 0.15) is 5.56 Å². The van der Waals surface area contributed by atoms with Crippen LogP contribution in [-0.4, -0.2) is 24.5 Å². The summed E-state index contributed by atoms with van der Waals surface area (Å²) in [6.45, 7) is 0.0677. The molecule has 0 aliphatic heterocycles. The van der Waals surface area contributed by atoms with Gasteiger partial charge in [0, 0.05) is 12.7 Å². The molecule has 0 atom stereocenters. The minimum Gasteiger partial charge on any atom is -0.342 e. The molecule has 1 amide bonds. The minimum atomic E-state index is -0.374. The molecular weight excluding hydrogens is 327 g/mol. The van der Waals surface area contributed by atoms with E-state index in [0.717, 1.165) is 4.70 Å². The quantitative estimate of drug-likeness (QED) is 0.790. The molecule has 24 heavy (non-hydrogen) atoms. The van der Waals surface area contributed by atoms with Crippen molar-refractivity contribution in [2.45, 2.75) is 0 Å². The van der Waals surface area contributed by atoms with Gasteiger partial charge < -0.3 is 10.2 Å². The van der Waals surface area contributed by atoms with Gasteiger partial charge in [0.25, 0.3) is 0 Å².